The number of aryl methyl sites for hydroxylation is 3. The molecule has 0 spiro atoms. The Kier molecular flexibility index (Phi) is 6.11. The molecule has 0 aliphatic heterocycles. The number of rotatable bonds is 6. The molecule has 7 nitrogen and oxygen atoms in total. The van der Waals surface area contributed by atoms with E-state index in [1.165, 1.54) is 6.07 Å². The Balaban J connectivity index is 1.55. The molecule has 11 heteroatoms. The molecule has 0 aliphatic rings. The molecule has 0 atom stereocenters. The van der Waals surface area contributed by atoms with E-state index < -0.39 is 17.8 Å². The fraction of sp³-hybridized carbons (Fsp3) is 0.273. The van der Waals surface area contributed by atoms with Crippen LogP contribution in [0.15, 0.2) is 42.5 Å². The van der Waals surface area contributed by atoms with Crippen molar-refractivity contribution in [2.45, 2.75) is 33.0 Å². The topological polar surface area (TPSA) is 77.1 Å². The summed E-state index contributed by atoms with van der Waals surface area (Å²) in [6.45, 7) is 4.77. The Morgan fingerprint density at radius 1 is 1.09 bits per heavy atom. The number of fused-ring (bicyclic) bond motifs is 1. The first-order chi connectivity index (χ1) is 15.6. The lowest BCUT2D eigenvalue weighted by atomic mass is 10.1. The first-order valence-corrected chi connectivity index (χ1v) is 10.5. The molecule has 1 aromatic carbocycles. The molecule has 4 aromatic rings. The number of nitrogens with zero attached hydrogens (tertiary/aromatic N) is 5. The highest BCUT2D eigenvalue weighted by Crippen LogP contribution is 2.32. The minimum absolute atomic E-state index is 0.0810. The quantitative estimate of drug-likeness (QED) is 0.409. The van der Waals surface area contributed by atoms with Gasteiger partial charge in [0.15, 0.2) is 17.0 Å². The second kappa shape index (κ2) is 8.86. The van der Waals surface area contributed by atoms with Crippen LogP contribution in [0.4, 0.5) is 13.2 Å². The van der Waals surface area contributed by atoms with Gasteiger partial charge in [0.2, 0.25) is 0 Å². The molecule has 1 N–H and O–H groups in total. The molecule has 0 saturated heterocycles. The predicted octanol–water partition coefficient (Wildman–Crippen LogP) is 4.70. The minimum atomic E-state index is -4.69. The Bertz CT molecular complexity index is 1310. The van der Waals surface area contributed by atoms with Crippen LogP contribution in [-0.4, -0.2) is 36.8 Å². The normalized spacial score (nSPS) is 11.8. The number of hydrogen-bond donors (Lipinski definition) is 1. The van der Waals surface area contributed by atoms with E-state index in [0.717, 1.165) is 17.5 Å². The highest BCUT2D eigenvalue weighted by Gasteiger charge is 2.35. The molecule has 3 heterocycles. The van der Waals surface area contributed by atoms with E-state index in [2.05, 4.69) is 20.5 Å². The summed E-state index contributed by atoms with van der Waals surface area (Å²) in [7, 11) is 0. The molecule has 1 amide bonds. The van der Waals surface area contributed by atoms with Crippen LogP contribution in [0.5, 0.6) is 0 Å². The number of halogens is 4. The van der Waals surface area contributed by atoms with Crippen molar-refractivity contribution in [1.82, 2.24) is 29.7 Å². The van der Waals surface area contributed by atoms with Crippen molar-refractivity contribution in [2.24, 2.45) is 0 Å². The fourth-order valence-corrected chi connectivity index (χ4v) is 3.60. The Labute approximate surface area is 192 Å². The molecule has 3 aromatic heterocycles. The molecule has 0 aliphatic carbocycles. The van der Waals surface area contributed by atoms with Crippen LogP contribution in [0.25, 0.3) is 16.9 Å². The van der Waals surface area contributed by atoms with Gasteiger partial charge in [0.25, 0.3) is 5.91 Å². The van der Waals surface area contributed by atoms with Crippen LogP contribution in [-0.2, 0) is 12.7 Å². The van der Waals surface area contributed by atoms with Gasteiger partial charge in [-0.15, -0.1) is 0 Å². The summed E-state index contributed by atoms with van der Waals surface area (Å²) in [6, 6.07) is 10.4. The summed E-state index contributed by atoms with van der Waals surface area (Å²) in [5.74, 6) is -0.574. The number of hydrogen-bond acceptors (Lipinski definition) is 4. The second-order valence-corrected chi connectivity index (χ2v) is 8.03. The zero-order valence-corrected chi connectivity index (χ0v) is 18.6. The number of aromatic nitrogens is 5. The van der Waals surface area contributed by atoms with Crippen molar-refractivity contribution >= 4 is 23.2 Å². The van der Waals surface area contributed by atoms with Gasteiger partial charge in [-0.05, 0) is 44.5 Å². The molecule has 172 valence electrons. The van der Waals surface area contributed by atoms with Gasteiger partial charge in [0.05, 0.1) is 11.4 Å². The maximum atomic E-state index is 13.7. The third kappa shape index (κ3) is 5.00. The summed E-state index contributed by atoms with van der Waals surface area (Å²) in [5.41, 5.74) is 1.23. The molecule has 33 heavy (non-hydrogen) atoms. The third-order valence-electron chi connectivity index (χ3n) is 5.03. The third-order valence-corrected chi connectivity index (χ3v) is 5.28. The number of carbonyl (C=O) groups excluding carboxylic acids is 1. The van der Waals surface area contributed by atoms with Crippen molar-refractivity contribution in [3.8, 4) is 11.3 Å². The van der Waals surface area contributed by atoms with Crippen molar-refractivity contribution < 1.29 is 18.0 Å². The highest BCUT2D eigenvalue weighted by atomic mass is 35.5. The predicted molar refractivity (Wildman–Crippen MR) is 117 cm³/mol. The van der Waals surface area contributed by atoms with E-state index in [1.54, 1.807) is 24.3 Å². The van der Waals surface area contributed by atoms with Crippen molar-refractivity contribution in [3.05, 3.63) is 70.3 Å². The fourth-order valence-electron chi connectivity index (χ4n) is 3.48. The molecule has 0 fully saturated rings. The maximum absolute atomic E-state index is 13.7. The first kappa shape index (κ1) is 22.8. The Morgan fingerprint density at radius 3 is 2.45 bits per heavy atom. The average Bonchev–Trinajstić information content (AvgIpc) is 3.32. The van der Waals surface area contributed by atoms with Crippen molar-refractivity contribution in [3.63, 3.8) is 0 Å². The smallest absolute Gasteiger partial charge is 0.351 e. The Hall–Kier alpha value is -3.40. The number of amides is 1. The van der Waals surface area contributed by atoms with Gasteiger partial charge in [-0.3, -0.25) is 9.48 Å². The molecular formula is C22H20ClF3N6O. The highest BCUT2D eigenvalue weighted by molar-refractivity contribution is 6.30. The van der Waals surface area contributed by atoms with E-state index in [1.807, 2.05) is 24.6 Å². The maximum Gasteiger partial charge on any atom is 0.433 e. The standard InChI is InChI=1S/C22H20ClF3N6O/c1-13-10-14(2)31(29-13)9-3-8-27-21(33)18-12-20-28-17(15-4-6-16(23)7-5-15)11-19(22(24,25)26)32(20)30-18/h4-7,10-12H,3,8-9H2,1-2H3,(H,27,33). The van der Waals surface area contributed by atoms with Crippen molar-refractivity contribution in [1.29, 1.82) is 0 Å². The van der Waals surface area contributed by atoms with E-state index >= 15 is 0 Å². The molecule has 0 bridgehead atoms. The van der Waals surface area contributed by atoms with Gasteiger partial charge in [-0.25, -0.2) is 9.50 Å². The van der Waals surface area contributed by atoms with Gasteiger partial charge in [0.1, 0.15) is 0 Å². The van der Waals surface area contributed by atoms with Crippen LogP contribution in [0.2, 0.25) is 5.02 Å². The van der Waals surface area contributed by atoms with Crippen molar-refractivity contribution in [2.75, 3.05) is 6.54 Å². The molecule has 0 radical (unpaired) electrons. The minimum Gasteiger partial charge on any atom is -0.351 e. The molecule has 0 saturated carbocycles. The average molecular weight is 477 g/mol. The van der Waals surface area contributed by atoms with E-state index in [0.29, 0.717) is 34.6 Å². The zero-order valence-electron chi connectivity index (χ0n) is 17.8. The summed E-state index contributed by atoms with van der Waals surface area (Å²) in [6.07, 6.45) is -4.09. The summed E-state index contributed by atoms with van der Waals surface area (Å²) < 4.78 is 43.6. The summed E-state index contributed by atoms with van der Waals surface area (Å²) in [5, 5.41) is 11.4. The zero-order chi connectivity index (χ0) is 23.8. The van der Waals surface area contributed by atoms with Crippen LogP contribution >= 0.6 is 11.6 Å². The lowest BCUT2D eigenvalue weighted by Crippen LogP contribution is -2.26. The number of benzene rings is 1. The first-order valence-electron chi connectivity index (χ1n) is 10.1. The number of alkyl halides is 3. The van der Waals surface area contributed by atoms with Crippen LogP contribution in [0.1, 0.15) is 34.0 Å². The lowest BCUT2D eigenvalue weighted by Gasteiger charge is -2.11. The van der Waals surface area contributed by atoms with Gasteiger partial charge >= 0.3 is 6.18 Å². The van der Waals surface area contributed by atoms with Gasteiger partial charge in [0, 0.05) is 35.4 Å². The van der Waals surface area contributed by atoms with Gasteiger partial charge in [-0.2, -0.15) is 23.4 Å². The molecular weight excluding hydrogens is 457 g/mol. The van der Waals surface area contributed by atoms with Crippen LogP contribution in [0, 0.1) is 13.8 Å². The molecule has 4 rings (SSSR count). The van der Waals surface area contributed by atoms with E-state index in [9.17, 15) is 18.0 Å². The molecule has 0 unspecified atom stereocenters. The second-order valence-electron chi connectivity index (χ2n) is 7.59. The SMILES string of the molecule is Cc1cc(C)n(CCCNC(=O)c2cc3nc(-c4ccc(Cl)cc4)cc(C(F)(F)F)n3n2)n1. The van der Waals surface area contributed by atoms with E-state index in [4.69, 9.17) is 11.6 Å². The van der Waals surface area contributed by atoms with Crippen LogP contribution in [0.3, 0.4) is 0 Å². The number of carbonyl (C=O) groups is 1. The summed E-state index contributed by atoms with van der Waals surface area (Å²) >= 11 is 5.87. The Morgan fingerprint density at radius 2 is 1.82 bits per heavy atom. The van der Waals surface area contributed by atoms with Gasteiger partial charge in [-0.1, -0.05) is 23.7 Å². The van der Waals surface area contributed by atoms with Crippen LogP contribution < -0.4 is 5.32 Å². The lowest BCUT2D eigenvalue weighted by molar-refractivity contribution is -0.142. The largest absolute Gasteiger partial charge is 0.433 e. The van der Waals surface area contributed by atoms with E-state index in [-0.39, 0.29) is 17.0 Å². The number of nitrogens with one attached hydrogen (secondary N) is 1. The monoisotopic (exact) mass is 476 g/mol. The van der Waals surface area contributed by atoms with Gasteiger partial charge < -0.3 is 5.32 Å². The summed E-state index contributed by atoms with van der Waals surface area (Å²) in [4.78, 5) is 16.8.